The Morgan fingerprint density at radius 1 is 1.43 bits per heavy atom. The molecular weight excluding hydrogens is 289 g/mol. The number of likely N-dealkylation sites (tertiary alicyclic amines) is 1. The first kappa shape index (κ1) is 15.9. The van der Waals surface area contributed by atoms with Crippen molar-refractivity contribution >= 4 is 23.1 Å². The van der Waals surface area contributed by atoms with Gasteiger partial charge in [0.25, 0.3) is 5.91 Å². The first-order valence-corrected chi connectivity index (χ1v) is 7.32. The summed E-state index contributed by atoms with van der Waals surface area (Å²) in [4.78, 5) is 14.9. The Balaban J connectivity index is 2.23. The van der Waals surface area contributed by atoms with Crippen molar-refractivity contribution in [3.63, 3.8) is 0 Å². The van der Waals surface area contributed by atoms with E-state index in [-0.39, 0.29) is 10.9 Å². The molecule has 1 amide bonds. The van der Waals surface area contributed by atoms with Gasteiger partial charge in [0.2, 0.25) is 0 Å². The Morgan fingerprint density at radius 2 is 2.05 bits per heavy atom. The molecule has 0 atom stereocenters. The Labute approximate surface area is 129 Å². The van der Waals surface area contributed by atoms with Gasteiger partial charge in [0.1, 0.15) is 5.82 Å². The minimum atomic E-state index is -0.683. The number of carbonyl (C=O) groups excluding carboxylic acids is 1. The van der Waals surface area contributed by atoms with Gasteiger partial charge >= 0.3 is 0 Å². The summed E-state index contributed by atoms with van der Waals surface area (Å²) in [6, 6.07) is 4.17. The van der Waals surface area contributed by atoms with E-state index in [0.29, 0.717) is 18.4 Å². The third kappa shape index (κ3) is 3.39. The lowest BCUT2D eigenvalue weighted by molar-refractivity contribution is 0.0889. The maximum atomic E-state index is 13.4. The molecule has 1 aliphatic rings. The predicted octanol–water partition coefficient (Wildman–Crippen LogP) is 1.61. The van der Waals surface area contributed by atoms with Crippen molar-refractivity contribution < 1.29 is 9.18 Å². The van der Waals surface area contributed by atoms with Gasteiger partial charge in [0.05, 0.1) is 10.5 Å². The zero-order chi connectivity index (χ0) is 15.6. The monoisotopic (exact) mass is 309 g/mol. The number of amides is 1. The van der Waals surface area contributed by atoms with Crippen LogP contribution >= 0.6 is 12.2 Å². The highest BCUT2D eigenvalue weighted by molar-refractivity contribution is 7.80. The zero-order valence-corrected chi connectivity index (χ0v) is 13.1. The van der Waals surface area contributed by atoms with Crippen LogP contribution in [0.2, 0.25) is 0 Å². The van der Waals surface area contributed by atoms with Gasteiger partial charge in [-0.1, -0.05) is 18.3 Å². The van der Waals surface area contributed by atoms with Crippen LogP contribution in [-0.2, 0) is 0 Å². The standard InChI is InChI=1S/C15H20FN3OS/c1-10-3-4-11(16)9-12(10)13(20)18-15(14(17)21)5-7-19(2)8-6-15/h3-4,9H,5-8H2,1-2H3,(H2,17,21)(H,18,20). The lowest BCUT2D eigenvalue weighted by Crippen LogP contribution is -2.61. The highest BCUT2D eigenvalue weighted by Gasteiger charge is 2.38. The van der Waals surface area contributed by atoms with E-state index in [1.807, 2.05) is 7.05 Å². The maximum absolute atomic E-state index is 13.4. The van der Waals surface area contributed by atoms with Crippen LogP contribution < -0.4 is 11.1 Å². The molecule has 1 aromatic rings. The molecule has 1 saturated heterocycles. The van der Waals surface area contributed by atoms with E-state index in [4.69, 9.17) is 18.0 Å². The quantitative estimate of drug-likeness (QED) is 0.833. The van der Waals surface area contributed by atoms with Crippen molar-refractivity contribution in [3.8, 4) is 0 Å². The number of aryl methyl sites for hydroxylation is 1. The molecule has 1 aromatic carbocycles. The van der Waals surface area contributed by atoms with Gasteiger partial charge in [0.15, 0.2) is 0 Å². The van der Waals surface area contributed by atoms with Crippen molar-refractivity contribution in [2.24, 2.45) is 5.73 Å². The van der Waals surface area contributed by atoms with Crippen molar-refractivity contribution in [2.45, 2.75) is 25.3 Å². The van der Waals surface area contributed by atoms with E-state index >= 15 is 0 Å². The van der Waals surface area contributed by atoms with Gasteiger partial charge in [0, 0.05) is 18.7 Å². The molecule has 0 saturated carbocycles. The van der Waals surface area contributed by atoms with Gasteiger partial charge < -0.3 is 16.0 Å². The first-order chi connectivity index (χ1) is 9.84. The maximum Gasteiger partial charge on any atom is 0.252 e. The molecule has 0 spiro atoms. The third-order valence-electron chi connectivity index (χ3n) is 4.11. The molecule has 6 heteroatoms. The zero-order valence-electron chi connectivity index (χ0n) is 12.3. The molecule has 1 heterocycles. The number of thiocarbonyl (C=S) groups is 1. The SMILES string of the molecule is Cc1ccc(F)cc1C(=O)NC1(C(N)=S)CCN(C)CC1. The summed E-state index contributed by atoms with van der Waals surface area (Å²) in [6.45, 7) is 3.38. The highest BCUT2D eigenvalue weighted by atomic mass is 32.1. The molecule has 0 aromatic heterocycles. The molecule has 0 bridgehead atoms. The van der Waals surface area contributed by atoms with Crippen molar-refractivity contribution in [2.75, 3.05) is 20.1 Å². The summed E-state index contributed by atoms with van der Waals surface area (Å²) in [7, 11) is 2.02. The minimum absolute atomic E-state index is 0.290. The van der Waals surface area contributed by atoms with Gasteiger partial charge in [-0.15, -0.1) is 0 Å². The Morgan fingerprint density at radius 3 is 2.62 bits per heavy atom. The van der Waals surface area contributed by atoms with E-state index in [0.717, 1.165) is 18.7 Å². The van der Waals surface area contributed by atoms with Crippen LogP contribution in [0.1, 0.15) is 28.8 Å². The fraction of sp³-hybridized carbons (Fsp3) is 0.467. The molecule has 4 nitrogen and oxygen atoms in total. The topological polar surface area (TPSA) is 58.4 Å². The number of rotatable bonds is 3. The number of carbonyl (C=O) groups is 1. The number of nitrogens with one attached hydrogen (secondary N) is 1. The third-order valence-corrected chi connectivity index (χ3v) is 4.50. The second-order valence-corrected chi connectivity index (χ2v) is 6.10. The van der Waals surface area contributed by atoms with Crippen LogP contribution in [0.4, 0.5) is 4.39 Å². The summed E-state index contributed by atoms with van der Waals surface area (Å²) in [5.74, 6) is -0.761. The second kappa shape index (κ2) is 6.07. The summed E-state index contributed by atoms with van der Waals surface area (Å²) in [6.07, 6.45) is 1.33. The van der Waals surface area contributed by atoms with Crippen LogP contribution in [0.25, 0.3) is 0 Å². The molecule has 0 unspecified atom stereocenters. The van der Waals surface area contributed by atoms with E-state index in [1.54, 1.807) is 13.0 Å². The largest absolute Gasteiger partial charge is 0.391 e. The Bertz CT molecular complexity index is 568. The van der Waals surface area contributed by atoms with Crippen molar-refractivity contribution in [3.05, 3.63) is 35.1 Å². The van der Waals surface area contributed by atoms with Gasteiger partial charge in [-0.25, -0.2) is 4.39 Å². The van der Waals surface area contributed by atoms with Gasteiger partial charge in [-0.05, 0) is 44.5 Å². The number of nitrogens with two attached hydrogens (primary N) is 1. The molecule has 114 valence electrons. The molecule has 21 heavy (non-hydrogen) atoms. The van der Waals surface area contributed by atoms with Crippen LogP contribution in [0.5, 0.6) is 0 Å². The molecule has 1 fully saturated rings. The van der Waals surface area contributed by atoms with Crippen LogP contribution in [0.15, 0.2) is 18.2 Å². The minimum Gasteiger partial charge on any atom is -0.391 e. The average Bonchev–Trinajstić information content (AvgIpc) is 2.44. The number of piperidine rings is 1. The van der Waals surface area contributed by atoms with E-state index in [1.165, 1.54) is 12.1 Å². The van der Waals surface area contributed by atoms with Crippen LogP contribution in [0, 0.1) is 12.7 Å². The lowest BCUT2D eigenvalue weighted by atomic mass is 9.87. The fourth-order valence-corrected chi connectivity index (χ4v) is 2.81. The summed E-state index contributed by atoms with van der Waals surface area (Å²) in [5.41, 5.74) is 6.23. The van der Waals surface area contributed by atoms with E-state index < -0.39 is 11.4 Å². The number of hydrogen-bond donors (Lipinski definition) is 2. The lowest BCUT2D eigenvalue weighted by Gasteiger charge is -2.40. The van der Waals surface area contributed by atoms with Crippen LogP contribution in [0.3, 0.4) is 0 Å². The van der Waals surface area contributed by atoms with Gasteiger partial charge in [-0.3, -0.25) is 4.79 Å². The smallest absolute Gasteiger partial charge is 0.252 e. The average molecular weight is 309 g/mol. The van der Waals surface area contributed by atoms with Crippen LogP contribution in [-0.4, -0.2) is 41.5 Å². The van der Waals surface area contributed by atoms with E-state index in [2.05, 4.69) is 10.2 Å². The highest BCUT2D eigenvalue weighted by Crippen LogP contribution is 2.23. The molecule has 0 aliphatic carbocycles. The predicted molar refractivity (Wildman–Crippen MR) is 84.9 cm³/mol. The van der Waals surface area contributed by atoms with Crippen molar-refractivity contribution in [1.29, 1.82) is 0 Å². The molecule has 1 aliphatic heterocycles. The Hall–Kier alpha value is -1.53. The molecular formula is C15H20FN3OS. The summed E-state index contributed by atoms with van der Waals surface area (Å²) < 4.78 is 13.4. The number of nitrogens with zero attached hydrogens (tertiary/aromatic N) is 1. The number of hydrogen-bond acceptors (Lipinski definition) is 3. The fourth-order valence-electron chi connectivity index (χ4n) is 2.56. The Kier molecular flexibility index (Phi) is 4.58. The molecule has 0 radical (unpaired) electrons. The normalized spacial score (nSPS) is 18.2. The number of benzene rings is 1. The van der Waals surface area contributed by atoms with Crippen molar-refractivity contribution in [1.82, 2.24) is 10.2 Å². The van der Waals surface area contributed by atoms with E-state index in [9.17, 15) is 9.18 Å². The summed E-state index contributed by atoms with van der Waals surface area (Å²) in [5, 5.41) is 2.94. The number of halogens is 1. The molecule has 2 rings (SSSR count). The van der Waals surface area contributed by atoms with Gasteiger partial charge in [-0.2, -0.15) is 0 Å². The second-order valence-electron chi connectivity index (χ2n) is 5.66. The molecule has 3 N–H and O–H groups in total. The first-order valence-electron chi connectivity index (χ1n) is 6.91. The summed E-state index contributed by atoms with van der Waals surface area (Å²) >= 11 is 5.16.